The first-order chi connectivity index (χ1) is 45.3. The molecule has 0 unspecified atom stereocenters. The zero-order valence-corrected chi connectivity index (χ0v) is 63.6. The summed E-state index contributed by atoms with van der Waals surface area (Å²) in [6.45, 7) is 29.1. The lowest BCUT2D eigenvalue weighted by Crippen LogP contribution is -2.64. The molecule has 97 heavy (non-hydrogen) atoms. The number of nitrogens with one attached hydrogen (secondary N) is 4. The lowest BCUT2D eigenvalue weighted by atomic mass is 9.91. The number of rotatable bonds is 23. The van der Waals surface area contributed by atoms with Crippen molar-refractivity contribution in [1.82, 2.24) is 60.5 Å². The Bertz CT molecular complexity index is 2610. The Labute approximate surface area is 583 Å². The molecule has 2 aliphatic rings. The molecule has 0 radical (unpaired) electrons. The van der Waals surface area contributed by atoms with Gasteiger partial charge in [-0.1, -0.05) is 95.2 Å². The normalized spacial score (nSPS) is 26.9. The van der Waals surface area contributed by atoms with E-state index in [2.05, 4.69) is 26.2 Å². The summed E-state index contributed by atoms with van der Waals surface area (Å²) in [6.07, 6.45) is 3.30. The quantitative estimate of drug-likeness (QED) is 0.0726. The average Bonchev–Trinajstić information content (AvgIpc) is 0.810. The first-order valence-electron chi connectivity index (χ1n) is 34.7. The van der Waals surface area contributed by atoms with Crippen LogP contribution in [0, 0.1) is 35.5 Å². The Kier molecular flexibility index (Phi) is 37.9. The van der Waals surface area contributed by atoms with Gasteiger partial charge < -0.3 is 74.9 Å². The van der Waals surface area contributed by atoms with E-state index in [0.29, 0.717) is 45.0 Å². The highest BCUT2D eigenvalue weighted by atomic mass is 32.2. The van der Waals surface area contributed by atoms with Crippen LogP contribution in [-0.2, 0) is 67.0 Å². The summed E-state index contributed by atoms with van der Waals surface area (Å²) in [5.74, 6) is -9.83. The molecule has 11 amide bonds. The minimum Gasteiger partial charge on any atom is -0.390 e. The van der Waals surface area contributed by atoms with Crippen LogP contribution in [0.1, 0.15) is 142 Å². The molecule has 5 N–H and O–H groups in total. The fraction of sp³-hybridized carbons (Fsp3) is 0.812. The summed E-state index contributed by atoms with van der Waals surface area (Å²) in [6, 6.07) is -13.0. The van der Waals surface area contributed by atoms with E-state index >= 15 is 28.8 Å². The van der Waals surface area contributed by atoms with E-state index in [4.69, 9.17) is 14.2 Å². The van der Waals surface area contributed by atoms with Gasteiger partial charge >= 0.3 is 0 Å². The number of morpholine rings is 1. The number of amides is 11. The maximum Gasteiger partial charge on any atom is 0.256 e. The highest BCUT2D eigenvalue weighted by molar-refractivity contribution is 8.00. The molecule has 2 heterocycles. The van der Waals surface area contributed by atoms with E-state index in [9.17, 15) is 29.1 Å². The van der Waals surface area contributed by atoms with Crippen molar-refractivity contribution in [1.29, 1.82) is 0 Å². The number of carbonyl (C=O) groups excluding carboxylic acids is 11. The molecular weight excluding hydrogens is 1270 g/mol. The van der Waals surface area contributed by atoms with E-state index in [1.807, 2.05) is 47.6 Å². The van der Waals surface area contributed by atoms with E-state index in [1.165, 1.54) is 94.8 Å². The third-order valence-electron chi connectivity index (χ3n) is 18.2. The SMILES string of the molecule is C/C=C/C[C@@H](C)[C@@H](O)[C@H]1C(=O)N[C@@H](CC)C(=O)N(C)[C@H](SCCCN2CCOCC2)C(=O)N(C)[C@@H](COCCOC)C(=O)N[C@@H](C(C)C)C(=O)N(C)[C@@H](CC(C)C)C(=O)N[C@@H](C)C(=O)N[C@H](C)C(=O)N(C)[C@@H](CC(C)C)C(=O)N(C)[C@@H](CC(C)C)C(=O)N(C)[C@@H](C(C)C)C(=O)N1C. The van der Waals surface area contributed by atoms with Crippen LogP contribution in [0.15, 0.2) is 12.2 Å². The smallest absolute Gasteiger partial charge is 0.256 e. The molecule has 0 spiro atoms. The number of nitrogens with zero attached hydrogens (tertiary/aromatic N) is 8. The second-order valence-corrected chi connectivity index (χ2v) is 29.4. The highest BCUT2D eigenvalue weighted by Gasteiger charge is 2.46. The lowest BCUT2D eigenvalue weighted by Gasteiger charge is -2.41. The first-order valence-corrected chi connectivity index (χ1v) is 35.7. The van der Waals surface area contributed by atoms with Gasteiger partial charge in [-0.15, -0.1) is 11.8 Å². The molecular formula is C69H124N12O15S. The molecule has 0 saturated carbocycles. The van der Waals surface area contributed by atoms with Crippen LogP contribution in [0.4, 0.5) is 0 Å². The number of aliphatic hydroxyl groups excluding tert-OH is 1. The van der Waals surface area contributed by atoms with Crippen molar-refractivity contribution in [3.05, 3.63) is 12.2 Å². The van der Waals surface area contributed by atoms with Gasteiger partial charge in [-0.3, -0.25) is 57.6 Å². The van der Waals surface area contributed by atoms with Crippen molar-refractivity contribution in [2.24, 2.45) is 35.5 Å². The highest BCUT2D eigenvalue weighted by Crippen LogP contribution is 2.27. The number of ether oxygens (including phenoxy) is 3. The van der Waals surface area contributed by atoms with Gasteiger partial charge in [0.25, 0.3) is 5.91 Å². The van der Waals surface area contributed by atoms with Crippen LogP contribution >= 0.6 is 11.8 Å². The number of methoxy groups -OCH3 is 1. The largest absolute Gasteiger partial charge is 0.390 e. The number of hydrogen-bond donors (Lipinski definition) is 5. The zero-order chi connectivity index (χ0) is 74.0. The molecule has 2 rings (SSSR count). The molecule has 2 saturated heterocycles. The number of aliphatic hydroxyl groups is 1. The maximum absolute atomic E-state index is 15.4. The number of hydrogen-bond acceptors (Lipinski definition) is 17. The molecule has 13 atom stereocenters. The van der Waals surface area contributed by atoms with Crippen molar-refractivity contribution in [2.45, 2.75) is 214 Å². The van der Waals surface area contributed by atoms with Crippen LogP contribution in [0.25, 0.3) is 0 Å². The van der Waals surface area contributed by atoms with Crippen LogP contribution < -0.4 is 21.3 Å². The molecule has 556 valence electrons. The maximum atomic E-state index is 15.4. The first kappa shape index (κ1) is 87.1. The van der Waals surface area contributed by atoms with E-state index in [0.717, 1.165) is 21.6 Å². The van der Waals surface area contributed by atoms with Crippen LogP contribution in [-0.4, -0.2) is 296 Å². The summed E-state index contributed by atoms with van der Waals surface area (Å²) < 4.78 is 16.7. The Morgan fingerprint density at radius 2 is 1.04 bits per heavy atom. The van der Waals surface area contributed by atoms with Gasteiger partial charge in [0, 0.05) is 69.5 Å². The zero-order valence-electron chi connectivity index (χ0n) is 62.8. The van der Waals surface area contributed by atoms with E-state index in [-0.39, 0.29) is 69.7 Å². The fourth-order valence-electron chi connectivity index (χ4n) is 12.0. The van der Waals surface area contributed by atoms with Crippen molar-refractivity contribution in [2.75, 3.05) is 115 Å². The van der Waals surface area contributed by atoms with Crippen LogP contribution in [0.5, 0.6) is 0 Å². The summed E-state index contributed by atoms with van der Waals surface area (Å²) in [5.41, 5.74) is 0. The van der Waals surface area contributed by atoms with Crippen LogP contribution in [0.3, 0.4) is 0 Å². The average molecular weight is 1390 g/mol. The molecule has 0 aromatic heterocycles. The van der Waals surface area contributed by atoms with Crippen LogP contribution in [0.2, 0.25) is 0 Å². The number of allylic oxidation sites excluding steroid dienone is 2. The third-order valence-corrected chi connectivity index (χ3v) is 19.6. The summed E-state index contributed by atoms with van der Waals surface area (Å²) in [4.78, 5) is 175. The fourth-order valence-corrected chi connectivity index (χ4v) is 13.2. The summed E-state index contributed by atoms with van der Waals surface area (Å²) in [5, 5.41) is 22.1. The Morgan fingerprint density at radius 1 is 0.546 bits per heavy atom. The Balaban J connectivity index is 3.11. The minimum absolute atomic E-state index is 0.00985. The minimum atomic E-state index is -1.66. The predicted octanol–water partition coefficient (Wildman–Crippen LogP) is 2.67. The van der Waals surface area contributed by atoms with Crippen molar-refractivity contribution in [3.8, 4) is 0 Å². The number of carbonyl (C=O) groups is 11. The Morgan fingerprint density at radius 3 is 1.56 bits per heavy atom. The molecule has 0 bridgehead atoms. The van der Waals surface area contributed by atoms with Gasteiger partial charge in [0.15, 0.2) is 5.37 Å². The standard InChI is InChI=1S/C69H124N12O15S/c1-24-26-28-46(13)57(82)56-61(86)72-49(25-2)63(88)80(22)69(97-36-27-29-81-30-32-95-33-31-81)68(93)77(19)53(40-96-35-34-94-23)60(85)73-54(44(9)10)66(91)74(16)50(37-41(3)4)59(84)70-47(14)58(83)71-48(15)62(87)75(17)51(38-42(5)6)64(89)76(18)52(39-43(7)8)65(90)78(20)55(45(11)12)67(92)79(56)21/h24,26,41-57,69,82H,25,27-40H2,1-23H3,(H,70,84)(H,71,83)(H,72,86)(H,73,85)/b26-24+/t46-,47+,48-,49+,50+,51+,52+,53+,54+,55+,56+,57-,69-/m1/s1. The monoisotopic (exact) mass is 1390 g/mol. The summed E-state index contributed by atoms with van der Waals surface area (Å²) >= 11 is 1.15. The molecule has 0 aliphatic carbocycles. The molecule has 27 nitrogen and oxygen atoms in total. The number of thioether (sulfide) groups is 1. The number of likely N-dealkylation sites (N-methyl/N-ethyl adjacent to an activating group) is 7. The molecule has 2 fully saturated rings. The lowest BCUT2D eigenvalue weighted by molar-refractivity contribution is -0.157. The van der Waals surface area contributed by atoms with E-state index in [1.54, 1.807) is 54.5 Å². The van der Waals surface area contributed by atoms with E-state index < -0.39 is 155 Å². The predicted molar refractivity (Wildman–Crippen MR) is 375 cm³/mol. The van der Waals surface area contributed by atoms with Gasteiger partial charge in [0.1, 0.15) is 60.4 Å². The molecule has 28 heteroatoms. The van der Waals surface area contributed by atoms with Crippen molar-refractivity contribution in [3.63, 3.8) is 0 Å². The second kappa shape index (κ2) is 42.2. The van der Waals surface area contributed by atoms with Crippen molar-refractivity contribution < 1.29 is 72.1 Å². The van der Waals surface area contributed by atoms with Gasteiger partial charge in [-0.2, -0.15) is 0 Å². The Hall–Kier alpha value is -5.94. The molecule has 0 aromatic rings. The van der Waals surface area contributed by atoms with Gasteiger partial charge in [-0.25, -0.2) is 0 Å². The molecule has 0 aromatic carbocycles. The van der Waals surface area contributed by atoms with Gasteiger partial charge in [0.2, 0.25) is 59.1 Å². The topological polar surface area (TPSA) is 310 Å². The third kappa shape index (κ3) is 25.6. The van der Waals surface area contributed by atoms with Crippen molar-refractivity contribution >= 4 is 76.7 Å². The second-order valence-electron chi connectivity index (χ2n) is 28.3. The summed E-state index contributed by atoms with van der Waals surface area (Å²) in [7, 11) is 11.4. The van der Waals surface area contributed by atoms with Gasteiger partial charge in [-0.05, 0) is 107 Å². The molecule has 2 aliphatic heterocycles. The van der Waals surface area contributed by atoms with Gasteiger partial charge in [0.05, 0.1) is 39.1 Å².